The molecule has 106 valence electrons. The summed E-state index contributed by atoms with van der Waals surface area (Å²) in [5, 5.41) is 8.81. The van der Waals surface area contributed by atoms with Crippen LogP contribution in [0.5, 0.6) is 0 Å². The normalized spacial score (nSPS) is 10.7. The van der Waals surface area contributed by atoms with Crippen LogP contribution >= 0.6 is 0 Å². The number of rotatable bonds is 8. The molecule has 5 nitrogen and oxygen atoms in total. The standard InChI is InChI=1S/C14H23N3O2/c1-12-5-6-13(15-11-12)17(10-7-14(18)19)9-4-8-16(2)3/h5-6,11H,4,7-10H2,1-3H3,(H,18,19). The highest BCUT2D eigenvalue weighted by Gasteiger charge is 2.09. The molecular weight excluding hydrogens is 242 g/mol. The van der Waals surface area contributed by atoms with E-state index in [0.29, 0.717) is 6.54 Å². The highest BCUT2D eigenvalue weighted by atomic mass is 16.4. The van der Waals surface area contributed by atoms with Gasteiger partial charge < -0.3 is 14.9 Å². The Morgan fingerprint density at radius 2 is 2.00 bits per heavy atom. The van der Waals surface area contributed by atoms with E-state index < -0.39 is 5.97 Å². The summed E-state index contributed by atoms with van der Waals surface area (Å²) in [7, 11) is 4.07. The van der Waals surface area contributed by atoms with Gasteiger partial charge in [-0.05, 0) is 45.6 Å². The number of hydrogen-bond acceptors (Lipinski definition) is 4. The molecule has 0 amide bonds. The summed E-state index contributed by atoms with van der Waals surface area (Å²) in [5.74, 6) is 0.0790. The third-order valence-electron chi connectivity index (χ3n) is 2.85. The van der Waals surface area contributed by atoms with Crippen LogP contribution in [-0.2, 0) is 4.79 Å². The van der Waals surface area contributed by atoms with Crippen molar-refractivity contribution in [2.75, 3.05) is 38.6 Å². The first-order valence-electron chi connectivity index (χ1n) is 6.53. The average molecular weight is 265 g/mol. The van der Waals surface area contributed by atoms with Crippen molar-refractivity contribution in [2.45, 2.75) is 19.8 Å². The van der Waals surface area contributed by atoms with E-state index >= 15 is 0 Å². The molecule has 0 fully saturated rings. The molecule has 5 heteroatoms. The third-order valence-corrected chi connectivity index (χ3v) is 2.85. The fraction of sp³-hybridized carbons (Fsp3) is 0.571. The predicted molar refractivity (Wildman–Crippen MR) is 76.6 cm³/mol. The molecule has 1 heterocycles. The Bertz CT molecular complexity index is 390. The van der Waals surface area contributed by atoms with Gasteiger partial charge in [0.1, 0.15) is 5.82 Å². The Labute approximate surface area is 114 Å². The zero-order chi connectivity index (χ0) is 14.3. The lowest BCUT2D eigenvalue weighted by molar-refractivity contribution is -0.136. The maximum atomic E-state index is 10.7. The van der Waals surface area contributed by atoms with Crippen LogP contribution in [0.1, 0.15) is 18.4 Å². The van der Waals surface area contributed by atoms with Crippen molar-refractivity contribution in [3.05, 3.63) is 23.9 Å². The molecule has 0 bridgehead atoms. The van der Waals surface area contributed by atoms with E-state index in [9.17, 15) is 4.79 Å². The first kappa shape index (κ1) is 15.4. The molecule has 1 aromatic rings. The van der Waals surface area contributed by atoms with Gasteiger partial charge in [-0.1, -0.05) is 6.07 Å². The molecule has 0 aliphatic heterocycles. The number of carbonyl (C=O) groups is 1. The second-order valence-corrected chi connectivity index (χ2v) is 4.98. The van der Waals surface area contributed by atoms with E-state index in [1.165, 1.54) is 0 Å². The first-order valence-corrected chi connectivity index (χ1v) is 6.53. The largest absolute Gasteiger partial charge is 0.481 e. The number of anilines is 1. The van der Waals surface area contributed by atoms with Gasteiger partial charge in [0.05, 0.1) is 6.42 Å². The molecule has 0 saturated carbocycles. The van der Waals surface area contributed by atoms with Crippen LogP contribution in [0.2, 0.25) is 0 Å². The van der Waals surface area contributed by atoms with E-state index in [4.69, 9.17) is 5.11 Å². The molecule has 0 atom stereocenters. The van der Waals surface area contributed by atoms with Crippen LogP contribution in [0.4, 0.5) is 5.82 Å². The van der Waals surface area contributed by atoms with Gasteiger partial charge in [0.15, 0.2) is 0 Å². The highest BCUT2D eigenvalue weighted by molar-refractivity contribution is 5.67. The van der Waals surface area contributed by atoms with Crippen LogP contribution in [0.3, 0.4) is 0 Å². The topological polar surface area (TPSA) is 56.7 Å². The minimum absolute atomic E-state index is 0.136. The molecule has 1 aromatic heterocycles. The minimum atomic E-state index is -0.773. The number of aromatic nitrogens is 1. The van der Waals surface area contributed by atoms with Gasteiger partial charge in [-0.2, -0.15) is 0 Å². The Balaban J connectivity index is 2.62. The van der Waals surface area contributed by atoms with Crippen molar-refractivity contribution in [3.8, 4) is 0 Å². The van der Waals surface area contributed by atoms with Gasteiger partial charge >= 0.3 is 5.97 Å². The molecule has 1 rings (SSSR count). The van der Waals surface area contributed by atoms with Crippen molar-refractivity contribution < 1.29 is 9.90 Å². The lowest BCUT2D eigenvalue weighted by atomic mass is 10.2. The zero-order valence-electron chi connectivity index (χ0n) is 12.0. The van der Waals surface area contributed by atoms with Gasteiger partial charge in [0.25, 0.3) is 0 Å². The van der Waals surface area contributed by atoms with Gasteiger partial charge in [-0.3, -0.25) is 4.79 Å². The van der Waals surface area contributed by atoms with E-state index in [0.717, 1.165) is 30.9 Å². The van der Waals surface area contributed by atoms with Gasteiger partial charge in [0.2, 0.25) is 0 Å². The summed E-state index contributed by atoms with van der Waals surface area (Å²) < 4.78 is 0. The van der Waals surface area contributed by atoms with Crippen molar-refractivity contribution >= 4 is 11.8 Å². The average Bonchev–Trinajstić information content (AvgIpc) is 2.34. The van der Waals surface area contributed by atoms with E-state index in [2.05, 4.69) is 9.88 Å². The molecule has 0 unspecified atom stereocenters. The van der Waals surface area contributed by atoms with Crippen molar-refractivity contribution in [1.82, 2.24) is 9.88 Å². The van der Waals surface area contributed by atoms with Gasteiger partial charge in [0, 0.05) is 19.3 Å². The maximum absolute atomic E-state index is 10.7. The monoisotopic (exact) mass is 265 g/mol. The second-order valence-electron chi connectivity index (χ2n) is 4.98. The van der Waals surface area contributed by atoms with Crippen molar-refractivity contribution in [3.63, 3.8) is 0 Å². The SMILES string of the molecule is Cc1ccc(N(CCCN(C)C)CCC(=O)O)nc1. The third kappa shape index (κ3) is 6.20. The number of carboxylic acids is 1. The Morgan fingerprint density at radius 3 is 2.53 bits per heavy atom. The quantitative estimate of drug-likeness (QED) is 0.774. The maximum Gasteiger partial charge on any atom is 0.305 e. The van der Waals surface area contributed by atoms with E-state index in [1.54, 1.807) is 0 Å². The van der Waals surface area contributed by atoms with Crippen LogP contribution in [0, 0.1) is 6.92 Å². The number of pyridine rings is 1. The zero-order valence-corrected chi connectivity index (χ0v) is 12.0. The number of hydrogen-bond donors (Lipinski definition) is 1. The Hall–Kier alpha value is -1.62. The summed E-state index contributed by atoms with van der Waals surface area (Å²) in [5.41, 5.74) is 1.11. The summed E-state index contributed by atoms with van der Waals surface area (Å²) >= 11 is 0. The van der Waals surface area contributed by atoms with Crippen molar-refractivity contribution in [2.24, 2.45) is 0 Å². The smallest absolute Gasteiger partial charge is 0.305 e. The van der Waals surface area contributed by atoms with Gasteiger partial charge in [-0.25, -0.2) is 4.98 Å². The van der Waals surface area contributed by atoms with Crippen molar-refractivity contribution in [1.29, 1.82) is 0 Å². The predicted octanol–water partition coefficient (Wildman–Crippen LogP) is 1.62. The number of aryl methyl sites for hydroxylation is 1. The summed E-state index contributed by atoms with van der Waals surface area (Å²) in [6.07, 6.45) is 2.94. The lowest BCUT2D eigenvalue weighted by Crippen LogP contribution is -2.30. The molecule has 1 N–H and O–H groups in total. The summed E-state index contributed by atoms with van der Waals surface area (Å²) in [6, 6.07) is 3.95. The van der Waals surface area contributed by atoms with E-state index in [1.807, 2.05) is 44.2 Å². The van der Waals surface area contributed by atoms with E-state index in [-0.39, 0.29) is 6.42 Å². The van der Waals surface area contributed by atoms with Crippen LogP contribution in [0.25, 0.3) is 0 Å². The van der Waals surface area contributed by atoms with Gasteiger partial charge in [-0.15, -0.1) is 0 Å². The number of aliphatic carboxylic acids is 1. The van der Waals surface area contributed by atoms with Crippen LogP contribution in [0.15, 0.2) is 18.3 Å². The molecule has 0 radical (unpaired) electrons. The fourth-order valence-electron chi connectivity index (χ4n) is 1.80. The summed E-state index contributed by atoms with van der Waals surface area (Å²) in [6.45, 7) is 4.29. The molecule has 0 aliphatic rings. The molecular formula is C14H23N3O2. The highest BCUT2D eigenvalue weighted by Crippen LogP contribution is 2.12. The van der Waals surface area contributed by atoms with Crippen LogP contribution < -0.4 is 4.90 Å². The second kappa shape index (κ2) is 7.74. The summed E-state index contributed by atoms with van der Waals surface area (Å²) in [4.78, 5) is 19.3. The fourth-order valence-corrected chi connectivity index (χ4v) is 1.80. The lowest BCUT2D eigenvalue weighted by Gasteiger charge is -2.24. The Kier molecular flexibility index (Phi) is 6.29. The Morgan fingerprint density at radius 1 is 1.26 bits per heavy atom. The first-order chi connectivity index (χ1) is 8.99. The molecule has 0 aromatic carbocycles. The molecule has 0 aliphatic carbocycles. The van der Waals surface area contributed by atoms with Crippen LogP contribution in [-0.4, -0.2) is 54.7 Å². The molecule has 19 heavy (non-hydrogen) atoms. The number of carboxylic acid groups (broad SMARTS) is 1. The minimum Gasteiger partial charge on any atom is -0.481 e. The molecule has 0 spiro atoms. The number of nitrogens with zero attached hydrogens (tertiary/aromatic N) is 3. The molecule has 0 saturated heterocycles.